The van der Waals surface area contributed by atoms with E-state index in [1.54, 1.807) is 11.8 Å². The molecule has 1 heterocycles. The molecule has 0 atom stereocenters. The van der Waals surface area contributed by atoms with Gasteiger partial charge in [0.25, 0.3) is 0 Å². The minimum Gasteiger partial charge on any atom is -0.257 e. The second-order valence-electron chi connectivity index (χ2n) is 3.48. The van der Waals surface area contributed by atoms with Crippen molar-refractivity contribution >= 4 is 38.3 Å². The van der Waals surface area contributed by atoms with Crippen molar-refractivity contribution in [1.82, 2.24) is 10.2 Å². The minimum absolute atomic E-state index is 0.307. The fourth-order valence-corrected chi connectivity index (χ4v) is 3.65. The maximum atomic E-state index is 11.0. The molecule has 0 spiro atoms. The van der Waals surface area contributed by atoms with Gasteiger partial charge < -0.3 is 0 Å². The van der Waals surface area contributed by atoms with Crippen LogP contribution >= 0.6 is 23.1 Å². The van der Waals surface area contributed by atoms with E-state index in [1.807, 2.05) is 30.3 Å². The molecule has 96 valence electrons. The van der Waals surface area contributed by atoms with E-state index in [4.69, 9.17) is 0 Å². The van der Waals surface area contributed by atoms with Gasteiger partial charge in [-0.05, 0) is 12.1 Å². The number of rotatable bonds is 5. The first-order valence-electron chi connectivity index (χ1n) is 5.01. The fourth-order valence-electron chi connectivity index (χ4n) is 1.17. The minimum atomic E-state index is -3.28. The average Bonchev–Trinajstić information content (AvgIpc) is 2.73. The van der Waals surface area contributed by atoms with Gasteiger partial charge >= 0.3 is 0 Å². The third kappa shape index (κ3) is 4.28. The van der Waals surface area contributed by atoms with Crippen molar-refractivity contribution in [3.05, 3.63) is 35.3 Å². The Morgan fingerprint density at radius 2 is 2.00 bits per heavy atom. The highest BCUT2D eigenvalue weighted by Gasteiger charge is 2.08. The molecule has 5 nitrogen and oxygen atoms in total. The molecule has 0 saturated heterocycles. The van der Waals surface area contributed by atoms with Crippen LogP contribution in [0, 0.1) is 0 Å². The highest BCUT2D eigenvalue weighted by Crippen LogP contribution is 2.25. The van der Waals surface area contributed by atoms with Crippen LogP contribution in [0.5, 0.6) is 0 Å². The molecule has 0 saturated carbocycles. The van der Waals surface area contributed by atoms with Gasteiger partial charge in [0.2, 0.25) is 15.2 Å². The molecule has 1 aromatic heterocycles. The zero-order chi connectivity index (χ0) is 13.0. The number of nitrogens with zero attached hydrogens (tertiary/aromatic N) is 2. The third-order valence-electron chi connectivity index (χ3n) is 1.85. The van der Waals surface area contributed by atoms with E-state index in [0.717, 1.165) is 16.2 Å². The summed E-state index contributed by atoms with van der Waals surface area (Å²) in [4.78, 5) is 1.14. The fraction of sp³-hybridized carbons (Fsp3) is 0.200. The van der Waals surface area contributed by atoms with Gasteiger partial charge in [0.05, 0.1) is 12.0 Å². The van der Waals surface area contributed by atoms with Gasteiger partial charge in [-0.1, -0.05) is 29.5 Å². The number of hydrogen-bond acceptors (Lipinski definition) is 6. The summed E-state index contributed by atoms with van der Waals surface area (Å²) in [7, 11) is -3.28. The molecule has 18 heavy (non-hydrogen) atoms. The smallest absolute Gasteiger partial charge is 0.231 e. The van der Waals surface area contributed by atoms with Crippen LogP contribution in [0.4, 0.5) is 5.13 Å². The first-order chi connectivity index (χ1) is 8.53. The monoisotopic (exact) mass is 301 g/mol. The SMILES string of the molecule is CS(=O)(=O)Nc1nnc(CSc2ccccc2)s1. The Bertz CT molecular complexity index is 610. The molecule has 2 aromatic rings. The van der Waals surface area contributed by atoms with E-state index in [-0.39, 0.29) is 0 Å². The zero-order valence-corrected chi connectivity index (χ0v) is 12.0. The number of thioether (sulfide) groups is 1. The lowest BCUT2D eigenvalue weighted by Crippen LogP contribution is -2.08. The Labute approximate surface area is 114 Å². The van der Waals surface area contributed by atoms with Crippen molar-refractivity contribution < 1.29 is 8.42 Å². The molecule has 1 N–H and O–H groups in total. The quantitative estimate of drug-likeness (QED) is 0.857. The van der Waals surface area contributed by atoms with Crippen LogP contribution in [0.25, 0.3) is 0 Å². The Kier molecular flexibility index (Phi) is 4.20. The highest BCUT2D eigenvalue weighted by molar-refractivity contribution is 7.98. The summed E-state index contributed by atoms with van der Waals surface area (Å²) >= 11 is 2.88. The van der Waals surface area contributed by atoms with E-state index < -0.39 is 10.0 Å². The number of sulfonamides is 1. The van der Waals surface area contributed by atoms with E-state index in [9.17, 15) is 8.42 Å². The van der Waals surface area contributed by atoms with Gasteiger partial charge in [-0.3, -0.25) is 4.72 Å². The molecule has 0 radical (unpaired) electrons. The standard InChI is InChI=1S/C10H11N3O2S3/c1-18(14,15)13-10-12-11-9(17-10)7-16-8-5-3-2-4-6-8/h2-6H,7H2,1H3,(H,12,13). The van der Waals surface area contributed by atoms with Gasteiger partial charge in [-0.15, -0.1) is 22.0 Å². The predicted molar refractivity (Wildman–Crippen MR) is 74.4 cm³/mol. The van der Waals surface area contributed by atoms with Crippen LogP contribution in [0.2, 0.25) is 0 Å². The zero-order valence-electron chi connectivity index (χ0n) is 9.53. The number of hydrogen-bond donors (Lipinski definition) is 1. The first-order valence-corrected chi connectivity index (χ1v) is 8.70. The largest absolute Gasteiger partial charge is 0.257 e. The van der Waals surface area contributed by atoms with Crippen molar-refractivity contribution in [3.8, 4) is 0 Å². The van der Waals surface area contributed by atoms with Crippen molar-refractivity contribution in [2.45, 2.75) is 10.6 Å². The lowest BCUT2D eigenvalue weighted by atomic mass is 10.4. The van der Waals surface area contributed by atoms with E-state index in [1.165, 1.54) is 11.3 Å². The molecule has 0 amide bonds. The molecule has 0 aliphatic carbocycles. The van der Waals surface area contributed by atoms with Gasteiger partial charge in [-0.2, -0.15) is 0 Å². The first kappa shape index (κ1) is 13.3. The summed E-state index contributed by atoms with van der Waals surface area (Å²) in [5.74, 6) is 0.674. The van der Waals surface area contributed by atoms with E-state index >= 15 is 0 Å². The molecule has 0 aliphatic rings. The molecule has 8 heteroatoms. The van der Waals surface area contributed by atoms with Gasteiger partial charge in [0.1, 0.15) is 5.01 Å². The molecule has 0 fully saturated rings. The number of anilines is 1. The predicted octanol–water partition coefficient (Wildman–Crippen LogP) is 2.20. The number of benzene rings is 1. The van der Waals surface area contributed by atoms with Crippen molar-refractivity contribution in [2.24, 2.45) is 0 Å². The van der Waals surface area contributed by atoms with Crippen LogP contribution < -0.4 is 4.72 Å². The molecule has 0 bridgehead atoms. The Hall–Kier alpha value is -1.12. The average molecular weight is 301 g/mol. The second-order valence-corrected chi connectivity index (χ2v) is 7.34. The van der Waals surface area contributed by atoms with Crippen molar-refractivity contribution in [1.29, 1.82) is 0 Å². The van der Waals surface area contributed by atoms with Gasteiger partial charge in [0.15, 0.2) is 0 Å². The second kappa shape index (κ2) is 5.68. The summed E-state index contributed by atoms with van der Waals surface area (Å²) < 4.78 is 24.3. The topological polar surface area (TPSA) is 72.0 Å². The third-order valence-corrected chi connectivity index (χ3v) is 4.58. The van der Waals surface area contributed by atoms with Gasteiger partial charge in [-0.25, -0.2) is 8.42 Å². The van der Waals surface area contributed by atoms with Crippen LogP contribution in [0.1, 0.15) is 5.01 Å². The van der Waals surface area contributed by atoms with Crippen molar-refractivity contribution in [2.75, 3.05) is 11.0 Å². The van der Waals surface area contributed by atoms with Crippen LogP contribution in [-0.2, 0) is 15.8 Å². The Morgan fingerprint density at radius 3 is 2.67 bits per heavy atom. The normalized spacial score (nSPS) is 11.4. The summed E-state index contributed by atoms with van der Waals surface area (Å²) in [6.07, 6.45) is 1.09. The number of nitrogens with one attached hydrogen (secondary N) is 1. The summed E-state index contributed by atoms with van der Waals surface area (Å²) in [5, 5.41) is 8.81. The Balaban J connectivity index is 1.95. The van der Waals surface area contributed by atoms with Gasteiger partial charge in [0, 0.05) is 4.90 Å². The summed E-state index contributed by atoms with van der Waals surface area (Å²) in [5.41, 5.74) is 0. The van der Waals surface area contributed by atoms with E-state index in [2.05, 4.69) is 14.9 Å². The molecule has 2 rings (SSSR count). The Morgan fingerprint density at radius 1 is 1.28 bits per heavy atom. The lowest BCUT2D eigenvalue weighted by Gasteiger charge is -1.97. The van der Waals surface area contributed by atoms with Crippen molar-refractivity contribution in [3.63, 3.8) is 0 Å². The number of aromatic nitrogens is 2. The molecule has 0 unspecified atom stereocenters. The molecular weight excluding hydrogens is 290 g/mol. The van der Waals surface area contributed by atoms with E-state index in [0.29, 0.717) is 10.9 Å². The molecule has 0 aliphatic heterocycles. The summed E-state index contributed by atoms with van der Waals surface area (Å²) in [6, 6.07) is 9.93. The lowest BCUT2D eigenvalue weighted by molar-refractivity contribution is 0.606. The maximum Gasteiger partial charge on any atom is 0.231 e. The van der Waals surface area contributed by atoms with Crippen LogP contribution in [-0.4, -0.2) is 24.9 Å². The van der Waals surface area contributed by atoms with Crippen LogP contribution in [0.3, 0.4) is 0 Å². The maximum absolute atomic E-state index is 11.0. The molecule has 1 aromatic carbocycles. The van der Waals surface area contributed by atoms with Crippen LogP contribution in [0.15, 0.2) is 35.2 Å². The summed E-state index contributed by atoms with van der Waals surface area (Å²) in [6.45, 7) is 0. The molecular formula is C10H11N3O2S3. The highest BCUT2D eigenvalue weighted by atomic mass is 32.2.